The molecule has 0 heterocycles. The van der Waals surface area contributed by atoms with Crippen molar-refractivity contribution >= 4 is 49.1 Å². The fraction of sp³-hybridized carbons (Fsp3) is 0. The Morgan fingerprint density at radius 2 is 1.42 bits per heavy atom. The number of hydrogen-bond donors (Lipinski definition) is 1. The van der Waals surface area contributed by atoms with Gasteiger partial charge in [0.1, 0.15) is 10.7 Å². The van der Waals surface area contributed by atoms with Gasteiger partial charge >= 0.3 is 0 Å². The van der Waals surface area contributed by atoms with Crippen LogP contribution in [0.25, 0.3) is 0 Å². The Balaban J connectivity index is 2.03. The minimum Gasteiger partial charge on any atom is -0.287 e. The number of fused-ring (bicyclic) bond motifs is 1. The van der Waals surface area contributed by atoms with Gasteiger partial charge in [0.25, 0.3) is 10.0 Å². The normalized spacial score (nSPS) is 14.6. The van der Waals surface area contributed by atoms with Gasteiger partial charge in [-0.05, 0) is 24.3 Å². The van der Waals surface area contributed by atoms with Gasteiger partial charge in [-0.25, -0.2) is 8.42 Å². The molecule has 0 atom stereocenters. The van der Waals surface area contributed by atoms with E-state index in [-0.39, 0.29) is 16.0 Å². The molecule has 1 N–H and O–H groups in total. The van der Waals surface area contributed by atoms with Gasteiger partial charge in [0.2, 0.25) is 11.6 Å². The molecule has 0 spiro atoms. The SMILES string of the molecule is O=C1C(Cl)=C(NS(=O)(=O)c2ccc(Br)cc2)C(=O)c2ccccc21. The Bertz CT molecular complexity index is 997. The van der Waals surface area contributed by atoms with E-state index in [1.54, 1.807) is 24.3 Å². The van der Waals surface area contributed by atoms with Crippen molar-refractivity contribution < 1.29 is 18.0 Å². The molecule has 0 radical (unpaired) electrons. The summed E-state index contributed by atoms with van der Waals surface area (Å²) < 4.78 is 27.7. The van der Waals surface area contributed by atoms with Crippen LogP contribution in [0.5, 0.6) is 0 Å². The molecule has 8 heteroatoms. The second kappa shape index (κ2) is 6.16. The molecule has 0 fully saturated rings. The molecule has 1 aliphatic rings. The summed E-state index contributed by atoms with van der Waals surface area (Å²) in [6.07, 6.45) is 0. The first-order valence-corrected chi connectivity index (χ1v) is 9.33. The van der Waals surface area contributed by atoms with Crippen molar-refractivity contribution in [1.29, 1.82) is 0 Å². The van der Waals surface area contributed by atoms with Crippen LogP contribution in [0.1, 0.15) is 20.7 Å². The van der Waals surface area contributed by atoms with Crippen LogP contribution >= 0.6 is 27.5 Å². The Labute approximate surface area is 151 Å². The zero-order valence-electron chi connectivity index (χ0n) is 11.9. The summed E-state index contributed by atoms with van der Waals surface area (Å²) in [6, 6.07) is 11.9. The zero-order valence-corrected chi connectivity index (χ0v) is 15.1. The maximum absolute atomic E-state index is 12.5. The maximum Gasteiger partial charge on any atom is 0.262 e. The monoisotopic (exact) mass is 425 g/mol. The van der Waals surface area contributed by atoms with Gasteiger partial charge in [-0.3, -0.25) is 14.3 Å². The molecule has 5 nitrogen and oxygen atoms in total. The lowest BCUT2D eigenvalue weighted by Gasteiger charge is -2.18. The van der Waals surface area contributed by atoms with Crippen LogP contribution in [0, 0.1) is 0 Å². The topological polar surface area (TPSA) is 80.3 Å². The van der Waals surface area contributed by atoms with Crippen LogP contribution in [0.15, 0.2) is 68.6 Å². The average Bonchev–Trinajstić information content (AvgIpc) is 2.57. The van der Waals surface area contributed by atoms with Gasteiger partial charge in [-0.1, -0.05) is 51.8 Å². The highest BCUT2D eigenvalue weighted by atomic mass is 79.9. The van der Waals surface area contributed by atoms with Gasteiger partial charge in [-0.2, -0.15) is 0 Å². The minimum atomic E-state index is -4.05. The summed E-state index contributed by atoms with van der Waals surface area (Å²) in [5, 5.41) is -0.445. The van der Waals surface area contributed by atoms with Gasteiger partial charge in [0, 0.05) is 15.6 Å². The molecule has 2 aromatic rings. The summed E-state index contributed by atoms with van der Waals surface area (Å²) in [7, 11) is -4.05. The van der Waals surface area contributed by atoms with E-state index in [1.807, 2.05) is 0 Å². The maximum atomic E-state index is 12.5. The summed E-state index contributed by atoms with van der Waals surface area (Å²) >= 11 is 9.16. The van der Waals surface area contributed by atoms with Gasteiger partial charge in [0.05, 0.1) is 4.90 Å². The molecule has 1 aliphatic carbocycles. The molecule has 2 aromatic carbocycles. The summed E-state index contributed by atoms with van der Waals surface area (Å²) in [6.45, 7) is 0. The van der Waals surface area contributed by atoms with Crippen LogP contribution < -0.4 is 4.72 Å². The summed E-state index contributed by atoms with van der Waals surface area (Å²) in [5.74, 6) is -1.24. The molecular formula is C16H9BrClNO4S. The lowest BCUT2D eigenvalue weighted by molar-refractivity contribution is 0.0977. The third-order valence-electron chi connectivity index (χ3n) is 3.42. The summed E-state index contributed by atoms with van der Waals surface area (Å²) in [4.78, 5) is 24.7. The Morgan fingerprint density at radius 3 is 2.00 bits per heavy atom. The first-order valence-electron chi connectivity index (χ1n) is 6.68. The number of benzene rings is 2. The number of hydrogen-bond acceptors (Lipinski definition) is 4. The molecule has 0 amide bonds. The predicted molar refractivity (Wildman–Crippen MR) is 92.4 cm³/mol. The second-order valence-corrected chi connectivity index (χ2v) is 7.93. The van der Waals surface area contributed by atoms with Crippen molar-refractivity contribution in [2.24, 2.45) is 0 Å². The molecule has 0 saturated heterocycles. The first kappa shape index (κ1) is 16.9. The smallest absolute Gasteiger partial charge is 0.262 e. The standard InChI is InChI=1S/C16H9BrClNO4S/c17-9-5-7-10(8-6-9)24(22,23)19-14-13(18)15(20)11-3-1-2-4-12(11)16(14)21/h1-8,19H. The summed E-state index contributed by atoms with van der Waals surface area (Å²) in [5.41, 5.74) is -0.178. The highest BCUT2D eigenvalue weighted by Crippen LogP contribution is 2.28. The molecular weight excluding hydrogens is 418 g/mol. The third kappa shape index (κ3) is 2.90. The van der Waals surface area contributed by atoms with Crippen molar-refractivity contribution in [3.63, 3.8) is 0 Å². The first-order chi connectivity index (χ1) is 11.3. The fourth-order valence-corrected chi connectivity index (χ4v) is 3.87. The Hall–Kier alpha value is -1.96. The van der Waals surface area contributed by atoms with Crippen LogP contribution in [-0.2, 0) is 10.0 Å². The van der Waals surface area contributed by atoms with E-state index in [9.17, 15) is 18.0 Å². The van der Waals surface area contributed by atoms with Gasteiger partial charge in [-0.15, -0.1) is 0 Å². The lowest BCUT2D eigenvalue weighted by Crippen LogP contribution is -2.33. The lowest BCUT2D eigenvalue weighted by atomic mass is 9.93. The van der Waals surface area contributed by atoms with Crippen LogP contribution in [0.4, 0.5) is 0 Å². The number of Topliss-reactive ketones (excluding diaryl/α,β-unsaturated/α-hetero) is 2. The van der Waals surface area contributed by atoms with E-state index in [1.165, 1.54) is 24.3 Å². The number of sulfonamides is 1. The Morgan fingerprint density at radius 1 is 0.875 bits per heavy atom. The van der Waals surface area contributed by atoms with Crippen molar-refractivity contribution in [1.82, 2.24) is 4.72 Å². The van der Waals surface area contributed by atoms with Crippen LogP contribution in [0.2, 0.25) is 0 Å². The number of halogens is 2. The Kier molecular flexibility index (Phi) is 4.33. The number of allylic oxidation sites excluding steroid dienone is 2. The van der Waals surface area contributed by atoms with E-state index in [2.05, 4.69) is 20.7 Å². The van der Waals surface area contributed by atoms with Crippen molar-refractivity contribution in [3.8, 4) is 0 Å². The highest BCUT2D eigenvalue weighted by molar-refractivity contribution is 9.10. The van der Waals surface area contributed by atoms with E-state index < -0.39 is 32.3 Å². The number of carbonyl (C=O) groups excluding carboxylic acids is 2. The number of rotatable bonds is 3. The van der Waals surface area contributed by atoms with Gasteiger partial charge in [0.15, 0.2) is 0 Å². The molecule has 0 unspecified atom stereocenters. The quantitative estimate of drug-likeness (QED) is 0.817. The van der Waals surface area contributed by atoms with Crippen molar-refractivity contribution in [3.05, 3.63) is 74.9 Å². The van der Waals surface area contributed by atoms with Crippen molar-refractivity contribution in [2.75, 3.05) is 0 Å². The minimum absolute atomic E-state index is 0.0539. The fourth-order valence-electron chi connectivity index (χ4n) is 2.24. The van der Waals surface area contributed by atoms with E-state index in [4.69, 9.17) is 11.6 Å². The molecule has 0 aliphatic heterocycles. The van der Waals surface area contributed by atoms with E-state index >= 15 is 0 Å². The third-order valence-corrected chi connectivity index (χ3v) is 5.68. The molecule has 0 bridgehead atoms. The van der Waals surface area contributed by atoms with E-state index in [0.29, 0.717) is 4.47 Å². The molecule has 0 saturated carbocycles. The second-order valence-electron chi connectivity index (χ2n) is 4.95. The molecule has 3 rings (SSSR count). The molecule has 122 valence electrons. The number of ketones is 2. The van der Waals surface area contributed by atoms with Crippen molar-refractivity contribution in [2.45, 2.75) is 4.90 Å². The van der Waals surface area contributed by atoms with E-state index in [0.717, 1.165) is 0 Å². The molecule has 0 aromatic heterocycles. The predicted octanol–water partition coefficient (Wildman–Crippen LogP) is 3.26. The van der Waals surface area contributed by atoms with Crippen LogP contribution in [-0.4, -0.2) is 20.0 Å². The zero-order chi connectivity index (χ0) is 17.5. The molecule has 24 heavy (non-hydrogen) atoms. The number of nitrogens with one attached hydrogen (secondary N) is 1. The van der Waals surface area contributed by atoms with Gasteiger partial charge < -0.3 is 0 Å². The highest BCUT2D eigenvalue weighted by Gasteiger charge is 2.33. The average molecular weight is 427 g/mol. The van der Waals surface area contributed by atoms with Crippen LogP contribution in [0.3, 0.4) is 0 Å². The largest absolute Gasteiger partial charge is 0.287 e. The number of carbonyl (C=O) groups is 2.